The fourth-order valence-electron chi connectivity index (χ4n) is 1.31. The van der Waals surface area contributed by atoms with Crippen molar-refractivity contribution in [2.45, 2.75) is 38.5 Å². The number of hydrogen-bond donors (Lipinski definition) is 2. The SMILES string of the molecule is CCCn1c(CN)nnc1SCC(C)C(N)=O. The summed E-state index contributed by atoms with van der Waals surface area (Å²) in [4.78, 5) is 10.9. The van der Waals surface area contributed by atoms with Gasteiger partial charge in [-0.2, -0.15) is 0 Å². The third kappa shape index (κ3) is 3.71. The summed E-state index contributed by atoms with van der Waals surface area (Å²) in [5.41, 5.74) is 10.8. The van der Waals surface area contributed by atoms with Crippen molar-refractivity contribution in [2.75, 3.05) is 5.75 Å². The van der Waals surface area contributed by atoms with Gasteiger partial charge in [0.2, 0.25) is 5.91 Å². The van der Waals surface area contributed by atoms with E-state index in [1.54, 1.807) is 6.92 Å². The number of nitrogens with two attached hydrogens (primary N) is 2. The number of thioether (sulfide) groups is 1. The van der Waals surface area contributed by atoms with Crippen molar-refractivity contribution in [3.05, 3.63) is 5.82 Å². The highest BCUT2D eigenvalue weighted by atomic mass is 32.2. The maximum Gasteiger partial charge on any atom is 0.221 e. The smallest absolute Gasteiger partial charge is 0.221 e. The molecular weight excluding hydrogens is 238 g/mol. The summed E-state index contributed by atoms with van der Waals surface area (Å²) in [5, 5.41) is 8.91. The molecule has 0 saturated carbocycles. The number of primary amides is 1. The number of hydrogen-bond acceptors (Lipinski definition) is 5. The molecule has 6 nitrogen and oxygen atoms in total. The van der Waals surface area contributed by atoms with Gasteiger partial charge in [-0.25, -0.2) is 0 Å². The van der Waals surface area contributed by atoms with Crippen LogP contribution in [0.15, 0.2) is 5.16 Å². The Morgan fingerprint density at radius 2 is 2.24 bits per heavy atom. The topological polar surface area (TPSA) is 99.8 Å². The van der Waals surface area contributed by atoms with Crippen molar-refractivity contribution >= 4 is 17.7 Å². The summed E-state index contributed by atoms with van der Waals surface area (Å²) in [6.45, 7) is 5.10. The minimum absolute atomic E-state index is 0.173. The molecule has 96 valence electrons. The average molecular weight is 257 g/mol. The van der Waals surface area contributed by atoms with Gasteiger partial charge in [-0.05, 0) is 6.42 Å². The first-order valence-corrected chi connectivity index (χ1v) is 6.63. The minimum atomic E-state index is -0.293. The molecule has 0 radical (unpaired) electrons. The van der Waals surface area contributed by atoms with Crippen LogP contribution in [0.4, 0.5) is 0 Å². The van der Waals surface area contributed by atoms with Crippen LogP contribution in [-0.4, -0.2) is 26.4 Å². The van der Waals surface area contributed by atoms with E-state index >= 15 is 0 Å². The number of rotatable bonds is 7. The molecular formula is C10H19N5OS. The van der Waals surface area contributed by atoms with Crippen molar-refractivity contribution in [3.8, 4) is 0 Å². The molecule has 0 bridgehead atoms. The van der Waals surface area contributed by atoms with Crippen molar-refractivity contribution in [1.82, 2.24) is 14.8 Å². The summed E-state index contributed by atoms with van der Waals surface area (Å²) in [5.74, 6) is 0.925. The molecule has 17 heavy (non-hydrogen) atoms. The van der Waals surface area contributed by atoms with Gasteiger partial charge in [-0.15, -0.1) is 10.2 Å². The lowest BCUT2D eigenvalue weighted by Gasteiger charge is -2.09. The molecule has 0 aliphatic carbocycles. The van der Waals surface area contributed by atoms with Crippen LogP contribution >= 0.6 is 11.8 Å². The molecule has 0 fully saturated rings. The molecule has 0 saturated heterocycles. The van der Waals surface area contributed by atoms with E-state index in [1.165, 1.54) is 11.8 Å². The Kier molecular flexibility index (Phi) is 5.43. The highest BCUT2D eigenvalue weighted by Crippen LogP contribution is 2.20. The Hall–Kier alpha value is -1.08. The van der Waals surface area contributed by atoms with E-state index in [0.29, 0.717) is 12.3 Å². The standard InChI is InChI=1S/C10H19N5OS/c1-3-4-15-8(5-11)13-14-10(15)17-6-7(2)9(12)16/h7H,3-6,11H2,1-2H3,(H2,12,16). The third-order valence-corrected chi connectivity index (χ3v) is 3.60. The number of amides is 1. The Labute approximate surface area is 105 Å². The summed E-state index contributed by atoms with van der Waals surface area (Å²) in [6.07, 6.45) is 0.990. The molecule has 0 spiro atoms. The molecule has 0 aliphatic rings. The monoisotopic (exact) mass is 257 g/mol. The number of nitrogens with zero attached hydrogens (tertiary/aromatic N) is 3. The van der Waals surface area contributed by atoms with E-state index in [-0.39, 0.29) is 11.8 Å². The first-order chi connectivity index (χ1) is 8.10. The number of aromatic nitrogens is 3. The molecule has 1 unspecified atom stereocenters. The number of carbonyl (C=O) groups excluding carboxylic acids is 1. The first-order valence-electron chi connectivity index (χ1n) is 5.64. The normalized spacial score (nSPS) is 12.6. The van der Waals surface area contributed by atoms with Gasteiger partial charge in [0.25, 0.3) is 0 Å². The summed E-state index contributed by atoms with van der Waals surface area (Å²) in [7, 11) is 0. The van der Waals surface area contributed by atoms with Crippen molar-refractivity contribution in [1.29, 1.82) is 0 Å². The van der Waals surface area contributed by atoms with E-state index in [2.05, 4.69) is 17.1 Å². The Morgan fingerprint density at radius 3 is 2.76 bits per heavy atom. The van der Waals surface area contributed by atoms with Crippen LogP contribution in [-0.2, 0) is 17.9 Å². The van der Waals surface area contributed by atoms with Crippen molar-refractivity contribution < 1.29 is 4.79 Å². The molecule has 1 rings (SSSR count). The Bertz CT molecular complexity index is 379. The van der Waals surface area contributed by atoms with E-state index in [4.69, 9.17) is 11.5 Å². The lowest BCUT2D eigenvalue weighted by molar-refractivity contribution is -0.120. The summed E-state index contributed by atoms with van der Waals surface area (Å²) in [6, 6.07) is 0. The maximum absolute atomic E-state index is 10.9. The van der Waals surface area contributed by atoms with E-state index in [9.17, 15) is 4.79 Å². The molecule has 1 aromatic heterocycles. The summed E-state index contributed by atoms with van der Waals surface area (Å²) < 4.78 is 2.00. The molecule has 1 aromatic rings. The van der Waals surface area contributed by atoms with Crippen LogP contribution in [0.3, 0.4) is 0 Å². The molecule has 1 heterocycles. The fourth-order valence-corrected chi connectivity index (χ4v) is 2.32. The minimum Gasteiger partial charge on any atom is -0.369 e. The first kappa shape index (κ1) is 14.0. The zero-order valence-corrected chi connectivity index (χ0v) is 11.0. The van der Waals surface area contributed by atoms with Gasteiger partial charge in [-0.3, -0.25) is 4.79 Å². The van der Waals surface area contributed by atoms with Gasteiger partial charge in [0.15, 0.2) is 5.16 Å². The third-order valence-electron chi connectivity index (χ3n) is 2.37. The van der Waals surface area contributed by atoms with Crippen LogP contribution in [0, 0.1) is 5.92 Å². The average Bonchev–Trinajstić information content (AvgIpc) is 2.69. The molecule has 0 aromatic carbocycles. The lowest BCUT2D eigenvalue weighted by Crippen LogP contribution is -2.22. The molecule has 1 atom stereocenters. The Morgan fingerprint density at radius 1 is 1.53 bits per heavy atom. The quantitative estimate of drug-likeness (QED) is 0.687. The highest BCUT2D eigenvalue weighted by Gasteiger charge is 2.14. The highest BCUT2D eigenvalue weighted by molar-refractivity contribution is 7.99. The zero-order valence-electron chi connectivity index (χ0n) is 10.2. The van der Waals surface area contributed by atoms with E-state index in [1.807, 2.05) is 4.57 Å². The fraction of sp³-hybridized carbons (Fsp3) is 0.700. The second-order valence-electron chi connectivity index (χ2n) is 3.87. The lowest BCUT2D eigenvalue weighted by atomic mass is 10.2. The largest absolute Gasteiger partial charge is 0.369 e. The second kappa shape index (κ2) is 6.61. The molecule has 4 N–H and O–H groups in total. The van der Waals surface area contributed by atoms with E-state index < -0.39 is 0 Å². The predicted octanol–water partition coefficient (Wildman–Crippen LogP) is 0.360. The van der Waals surface area contributed by atoms with Crippen LogP contribution < -0.4 is 11.5 Å². The van der Waals surface area contributed by atoms with Crippen LogP contribution in [0.5, 0.6) is 0 Å². The van der Waals surface area contributed by atoms with Crippen molar-refractivity contribution in [2.24, 2.45) is 17.4 Å². The van der Waals surface area contributed by atoms with Gasteiger partial charge in [-0.1, -0.05) is 25.6 Å². The second-order valence-corrected chi connectivity index (χ2v) is 4.86. The zero-order chi connectivity index (χ0) is 12.8. The summed E-state index contributed by atoms with van der Waals surface area (Å²) >= 11 is 1.49. The molecule has 1 amide bonds. The van der Waals surface area contributed by atoms with Gasteiger partial charge in [0.05, 0.1) is 6.54 Å². The van der Waals surface area contributed by atoms with E-state index in [0.717, 1.165) is 23.9 Å². The van der Waals surface area contributed by atoms with Gasteiger partial charge in [0.1, 0.15) is 5.82 Å². The Balaban J connectivity index is 2.70. The van der Waals surface area contributed by atoms with Crippen LogP contribution in [0.1, 0.15) is 26.1 Å². The molecule has 7 heteroatoms. The van der Waals surface area contributed by atoms with Gasteiger partial charge >= 0.3 is 0 Å². The maximum atomic E-state index is 10.9. The predicted molar refractivity (Wildman–Crippen MR) is 67.3 cm³/mol. The molecule has 0 aliphatic heterocycles. The van der Waals surface area contributed by atoms with Gasteiger partial charge < -0.3 is 16.0 Å². The van der Waals surface area contributed by atoms with Crippen molar-refractivity contribution in [3.63, 3.8) is 0 Å². The van der Waals surface area contributed by atoms with Crippen LogP contribution in [0.2, 0.25) is 0 Å². The number of carbonyl (C=O) groups is 1. The van der Waals surface area contributed by atoms with Crippen LogP contribution in [0.25, 0.3) is 0 Å². The van der Waals surface area contributed by atoms with Gasteiger partial charge in [0, 0.05) is 18.2 Å².